The molecule has 3 aliphatic heterocycles. The van der Waals surface area contributed by atoms with Crippen LogP contribution < -0.4 is 14.5 Å². The zero-order valence-electron chi connectivity index (χ0n) is 27.1. The number of ether oxygens (including phenoxy) is 2. The van der Waals surface area contributed by atoms with Crippen molar-refractivity contribution in [3.8, 4) is 11.8 Å². The van der Waals surface area contributed by atoms with E-state index in [0.29, 0.717) is 58.4 Å². The average molecular weight is 629 g/mol. The number of benzene rings is 2. The maximum atomic E-state index is 12.7. The summed E-state index contributed by atoms with van der Waals surface area (Å²) in [5.74, 6) is 1.15. The zero-order valence-corrected chi connectivity index (χ0v) is 27.1. The summed E-state index contributed by atoms with van der Waals surface area (Å²) in [6.07, 6.45) is 3.62. The minimum absolute atomic E-state index is 0.0599. The van der Waals surface area contributed by atoms with Crippen LogP contribution in [0, 0.1) is 5.92 Å². The van der Waals surface area contributed by atoms with Gasteiger partial charge in [0.25, 0.3) is 0 Å². The molecule has 3 aliphatic rings. The minimum Gasteiger partial charge on any atom is -0.508 e. The lowest BCUT2D eigenvalue weighted by Gasteiger charge is -2.38. The number of hydrogen-bond acceptors (Lipinski definition) is 9. The monoisotopic (exact) mass is 628 g/mol. The van der Waals surface area contributed by atoms with Gasteiger partial charge in [-0.15, -0.1) is 0 Å². The van der Waals surface area contributed by atoms with E-state index in [1.807, 2.05) is 49.9 Å². The minimum atomic E-state index is -0.545. The Labute approximate surface area is 270 Å². The first-order valence-corrected chi connectivity index (χ1v) is 16.2. The van der Waals surface area contributed by atoms with E-state index >= 15 is 0 Å². The molecule has 0 radical (unpaired) electrons. The third-order valence-corrected chi connectivity index (χ3v) is 8.87. The van der Waals surface area contributed by atoms with Crippen LogP contribution in [0.15, 0.2) is 49.1 Å². The summed E-state index contributed by atoms with van der Waals surface area (Å²) in [4.78, 5) is 42.9. The van der Waals surface area contributed by atoms with Crippen LogP contribution in [0.5, 0.6) is 11.8 Å². The van der Waals surface area contributed by atoms with Gasteiger partial charge in [0.1, 0.15) is 17.2 Å². The number of phenols is 1. The fourth-order valence-electron chi connectivity index (χ4n) is 6.61. The van der Waals surface area contributed by atoms with Crippen LogP contribution >= 0.6 is 0 Å². The summed E-state index contributed by atoms with van der Waals surface area (Å²) in [6.45, 7) is 14.6. The summed E-state index contributed by atoms with van der Waals surface area (Å²) in [6, 6.07) is 12.0. The molecule has 2 aromatic carbocycles. The Bertz CT molecular complexity index is 1610. The zero-order chi connectivity index (χ0) is 32.4. The van der Waals surface area contributed by atoms with Crippen molar-refractivity contribution in [3.63, 3.8) is 0 Å². The summed E-state index contributed by atoms with van der Waals surface area (Å²) in [5, 5.41) is 12.6. The van der Waals surface area contributed by atoms with Gasteiger partial charge < -0.3 is 34.2 Å². The molecular formula is C35H44N6O5. The van der Waals surface area contributed by atoms with Crippen LogP contribution in [-0.2, 0) is 22.5 Å². The normalized spacial score (nSPS) is 18.7. The number of piperazine rings is 1. The lowest BCUT2D eigenvalue weighted by atomic mass is 9.99. The molecule has 46 heavy (non-hydrogen) atoms. The molecule has 6 rings (SSSR count). The number of carbonyl (C=O) groups excluding carboxylic acids is 2. The Kier molecular flexibility index (Phi) is 8.93. The van der Waals surface area contributed by atoms with E-state index in [1.165, 1.54) is 6.08 Å². The third-order valence-electron chi connectivity index (χ3n) is 8.87. The smallest absolute Gasteiger partial charge is 0.410 e. The molecule has 0 spiro atoms. The Hall–Kier alpha value is -4.54. The molecule has 1 N–H and O–H groups in total. The van der Waals surface area contributed by atoms with Gasteiger partial charge >= 0.3 is 12.1 Å². The predicted molar refractivity (Wildman–Crippen MR) is 177 cm³/mol. The van der Waals surface area contributed by atoms with Crippen molar-refractivity contribution >= 4 is 34.3 Å². The van der Waals surface area contributed by atoms with Crippen molar-refractivity contribution in [2.75, 3.05) is 62.2 Å². The molecule has 2 amide bonds. The average Bonchev–Trinajstić information content (AvgIpc) is 3.05. The Morgan fingerprint density at radius 2 is 1.80 bits per heavy atom. The number of fused-ring (bicyclic) bond motifs is 2. The van der Waals surface area contributed by atoms with E-state index in [4.69, 9.17) is 19.4 Å². The van der Waals surface area contributed by atoms with Crippen molar-refractivity contribution < 1.29 is 24.2 Å². The number of amides is 2. The number of likely N-dealkylation sites (tertiary alicyclic amines) is 1. The van der Waals surface area contributed by atoms with Crippen LogP contribution in [0.1, 0.15) is 44.9 Å². The summed E-state index contributed by atoms with van der Waals surface area (Å²) in [5.41, 5.74) is 2.40. The van der Waals surface area contributed by atoms with Gasteiger partial charge in [-0.05, 0) is 57.6 Å². The maximum absolute atomic E-state index is 12.7. The number of carbonyl (C=O) groups is 2. The Balaban J connectivity index is 1.25. The number of aromatic hydroxyl groups is 1. The largest absolute Gasteiger partial charge is 0.508 e. The molecule has 0 aliphatic carbocycles. The third kappa shape index (κ3) is 6.98. The van der Waals surface area contributed by atoms with Crippen molar-refractivity contribution in [1.29, 1.82) is 0 Å². The Morgan fingerprint density at radius 3 is 2.57 bits per heavy atom. The highest BCUT2D eigenvalue weighted by atomic mass is 16.6. The summed E-state index contributed by atoms with van der Waals surface area (Å²) in [7, 11) is 0. The molecule has 3 aromatic rings. The molecule has 2 fully saturated rings. The van der Waals surface area contributed by atoms with E-state index in [1.54, 1.807) is 11.0 Å². The number of anilines is 2. The second-order valence-electron chi connectivity index (χ2n) is 13.4. The van der Waals surface area contributed by atoms with Gasteiger partial charge in [-0.3, -0.25) is 4.79 Å². The summed E-state index contributed by atoms with van der Waals surface area (Å²) >= 11 is 0. The molecule has 11 nitrogen and oxygen atoms in total. The topological polar surface area (TPSA) is 112 Å². The molecule has 244 valence electrons. The molecule has 11 heteroatoms. The molecular weight excluding hydrogens is 584 g/mol. The van der Waals surface area contributed by atoms with Gasteiger partial charge in [0, 0.05) is 74.4 Å². The molecule has 1 aromatic heterocycles. The van der Waals surface area contributed by atoms with Crippen LogP contribution in [0.2, 0.25) is 0 Å². The Morgan fingerprint density at radius 1 is 1.02 bits per heavy atom. The predicted octanol–water partition coefficient (Wildman–Crippen LogP) is 4.76. The molecule has 4 heterocycles. The molecule has 1 atom stereocenters. The number of nitrogens with zero attached hydrogens (tertiary/aromatic N) is 6. The number of aromatic nitrogens is 2. The molecule has 2 saturated heterocycles. The van der Waals surface area contributed by atoms with Crippen LogP contribution in [0.3, 0.4) is 0 Å². The molecule has 0 bridgehead atoms. The van der Waals surface area contributed by atoms with Gasteiger partial charge in [0.05, 0.1) is 18.8 Å². The van der Waals surface area contributed by atoms with Crippen molar-refractivity contribution in [1.82, 2.24) is 19.8 Å². The van der Waals surface area contributed by atoms with Crippen molar-refractivity contribution in [3.05, 3.63) is 60.3 Å². The number of rotatable bonds is 6. The van der Waals surface area contributed by atoms with Crippen LogP contribution in [0.25, 0.3) is 10.8 Å². The molecule has 0 saturated carbocycles. The van der Waals surface area contributed by atoms with Gasteiger partial charge in [-0.25, -0.2) is 4.79 Å². The second kappa shape index (κ2) is 13.1. The van der Waals surface area contributed by atoms with Gasteiger partial charge in [0.15, 0.2) is 0 Å². The first-order chi connectivity index (χ1) is 22.1. The van der Waals surface area contributed by atoms with Crippen molar-refractivity contribution in [2.45, 2.75) is 52.2 Å². The number of phenolic OH excluding ortho intramolecular Hbond substituents is 1. The SMILES string of the molecule is C=CC(=O)N1CCN(c2nc(OC[C@@H]3CCCN(C(=O)OC(C)(C)C)C3)nc3c2CCN(c2cc(O)cc4ccccc24)C3)CC1. The van der Waals surface area contributed by atoms with E-state index in [2.05, 4.69) is 22.4 Å². The lowest BCUT2D eigenvalue weighted by molar-refractivity contribution is -0.126. The highest BCUT2D eigenvalue weighted by Crippen LogP contribution is 2.36. The summed E-state index contributed by atoms with van der Waals surface area (Å²) < 4.78 is 11.9. The van der Waals surface area contributed by atoms with E-state index in [9.17, 15) is 14.7 Å². The van der Waals surface area contributed by atoms with Crippen LogP contribution in [-0.4, -0.2) is 94.9 Å². The number of piperidine rings is 1. The van der Waals surface area contributed by atoms with Gasteiger partial charge in [0.2, 0.25) is 5.91 Å². The fourth-order valence-corrected chi connectivity index (χ4v) is 6.61. The van der Waals surface area contributed by atoms with E-state index < -0.39 is 5.60 Å². The number of hydrogen-bond donors (Lipinski definition) is 1. The first-order valence-electron chi connectivity index (χ1n) is 16.2. The van der Waals surface area contributed by atoms with Gasteiger partial charge in [-0.1, -0.05) is 30.8 Å². The maximum Gasteiger partial charge on any atom is 0.410 e. The van der Waals surface area contributed by atoms with E-state index in [0.717, 1.165) is 59.3 Å². The van der Waals surface area contributed by atoms with Crippen molar-refractivity contribution in [2.24, 2.45) is 5.92 Å². The second-order valence-corrected chi connectivity index (χ2v) is 13.4. The fraction of sp³-hybridized carbons (Fsp3) is 0.486. The standard InChI is InChI=1S/C35H44N6O5/c1-5-31(43)38-15-17-39(18-16-38)32-28-12-14-40(30-20-26(42)19-25-10-6-7-11-27(25)30)22-29(28)36-33(37-32)45-23-24-9-8-13-41(21-24)34(44)46-35(2,3)4/h5-7,10-11,19-20,24,42H,1,8-9,12-18,21-23H2,2-4H3/t24-/m1/s1. The lowest BCUT2D eigenvalue weighted by Crippen LogP contribution is -2.49. The quantitative estimate of drug-likeness (QED) is 0.387. The highest BCUT2D eigenvalue weighted by Gasteiger charge is 2.31. The van der Waals surface area contributed by atoms with E-state index in [-0.39, 0.29) is 23.7 Å². The molecule has 0 unspecified atom stereocenters. The van der Waals surface area contributed by atoms with Gasteiger partial charge in [-0.2, -0.15) is 9.97 Å². The first kappa shape index (κ1) is 31.4. The highest BCUT2D eigenvalue weighted by molar-refractivity contribution is 5.95. The van der Waals surface area contributed by atoms with Crippen LogP contribution in [0.4, 0.5) is 16.3 Å².